The van der Waals surface area contributed by atoms with E-state index in [0.717, 1.165) is 16.8 Å². The summed E-state index contributed by atoms with van der Waals surface area (Å²) in [6.07, 6.45) is 0.436. The smallest absolute Gasteiger partial charge is 0.273 e. The van der Waals surface area contributed by atoms with Crippen molar-refractivity contribution in [2.24, 2.45) is 0 Å². The second-order valence-corrected chi connectivity index (χ2v) is 10.7. The molecule has 0 radical (unpaired) electrons. The third-order valence-electron chi connectivity index (χ3n) is 6.10. The van der Waals surface area contributed by atoms with E-state index in [9.17, 15) is 13.2 Å². The van der Waals surface area contributed by atoms with Crippen LogP contribution in [0.1, 0.15) is 22.5 Å². The van der Waals surface area contributed by atoms with E-state index in [0.29, 0.717) is 24.4 Å². The Bertz CT molecular complexity index is 1390. The molecule has 0 aliphatic carbocycles. The predicted octanol–water partition coefficient (Wildman–Crippen LogP) is 4.37. The first kappa shape index (κ1) is 22.1. The Hall–Kier alpha value is -3.71. The highest BCUT2D eigenvalue weighted by Gasteiger charge is 2.36. The van der Waals surface area contributed by atoms with Crippen LogP contribution in [0.4, 0.5) is 0 Å². The van der Waals surface area contributed by atoms with E-state index >= 15 is 0 Å². The fourth-order valence-electron chi connectivity index (χ4n) is 4.36. The van der Waals surface area contributed by atoms with Gasteiger partial charge in [-0.15, -0.1) is 0 Å². The van der Waals surface area contributed by atoms with Crippen molar-refractivity contribution in [3.8, 4) is 16.9 Å². The summed E-state index contributed by atoms with van der Waals surface area (Å²) in [6.45, 7) is 0.334. The van der Waals surface area contributed by atoms with E-state index in [-0.39, 0.29) is 23.5 Å². The molecule has 1 aromatic heterocycles. The van der Waals surface area contributed by atoms with Crippen LogP contribution in [0.2, 0.25) is 0 Å². The Labute approximate surface area is 199 Å². The van der Waals surface area contributed by atoms with Gasteiger partial charge in [0.15, 0.2) is 9.84 Å². The molecule has 0 unspecified atom stereocenters. The van der Waals surface area contributed by atoms with Crippen molar-refractivity contribution >= 4 is 15.7 Å². The van der Waals surface area contributed by atoms with Crippen LogP contribution in [-0.2, 0) is 16.4 Å². The zero-order chi connectivity index (χ0) is 23.5. The first-order valence-corrected chi connectivity index (χ1v) is 13.1. The summed E-state index contributed by atoms with van der Waals surface area (Å²) in [4.78, 5) is 15.8. The van der Waals surface area contributed by atoms with Crippen molar-refractivity contribution in [3.63, 3.8) is 0 Å². The minimum atomic E-state index is -3.16. The average Bonchev–Trinajstić information content (AvgIpc) is 3.47. The minimum absolute atomic E-state index is 0.0173. The summed E-state index contributed by atoms with van der Waals surface area (Å²) in [6, 6.07) is 30.3. The second-order valence-electron chi connectivity index (χ2n) is 8.50. The number of carbonyl (C=O) groups excluding carboxylic acids is 1. The number of aromatic nitrogens is 2. The lowest BCUT2D eigenvalue weighted by molar-refractivity contribution is 0.0671. The fraction of sp³-hybridized carbons (Fsp3) is 0.185. The molecule has 0 bridgehead atoms. The minimum Gasteiger partial charge on any atom is -0.329 e. The van der Waals surface area contributed by atoms with E-state index in [1.165, 1.54) is 0 Å². The third kappa shape index (κ3) is 4.65. The number of nitrogens with zero attached hydrogens (tertiary/aromatic N) is 3. The number of amides is 1. The SMILES string of the molecule is O=C(c1cc(-c2ccccc2)nn1-c1ccccc1)N(Cc1ccccc1)[C@@H]1CCS(=O)(=O)C1. The Morgan fingerprint density at radius 1 is 0.912 bits per heavy atom. The monoisotopic (exact) mass is 471 g/mol. The van der Waals surface area contributed by atoms with Crippen LogP contribution in [0.25, 0.3) is 16.9 Å². The maximum Gasteiger partial charge on any atom is 0.273 e. The molecule has 1 atom stereocenters. The molecule has 3 aromatic carbocycles. The average molecular weight is 472 g/mol. The van der Waals surface area contributed by atoms with Crippen LogP contribution in [0.15, 0.2) is 97.1 Å². The molecule has 0 N–H and O–H groups in total. The number of benzene rings is 3. The molecule has 4 aromatic rings. The molecule has 6 nitrogen and oxygen atoms in total. The molecule has 0 saturated carbocycles. The van der Waals surface area contributed by atoms with Gasteiger partial charge in [0.2, 0.25) is 0 Å². The highest BCUT2D eigenvalue weighted by Crippen LogP contribution is 2.26. The quantitative estimate of drug-likeness (QED) is 0.419. The second kappa shape index (κ2) is 9.27. The van der Waals surface area contributed by atoms with E-state index < -0.39 is 9.84 Å². The molecule has 1 saturated heterocycles. The Balaban J connectivity index is 1.59. The lowest BCUT2D eigenvalue weighted by Gasteiger charge is -2.28. The van der Waals surface area contributed by atoms with Gasteiger partial charge in [0.05, 0.1) is 22.9 Å². The molecular formula is C27H25N3O3S. The normalized spacial score (nSPS) is 16.9. The molecular weight excluding hydrogens is 446 g/mol. The van der Waals surface area contributed by atoms with Crippen LogP contribution >= 0.6 is 0 Å². The van der Waals surface area contributed by atoms with Crippen LogP contribution in [0, 0.1) is 0 Å². The molecule has 1 amide bonds. The van der Waals surface area contributed by atoms with Gasteiger partial charge in [-0.25, -0.2) is 13.1 Å². The summed E-state index contributed by atoms with van der Waals surface area (Å²) in [5.41, 5.74) is 3.72. The van der Waals surface area contributed by atoms with Crippen molar-refractivity contribution in [1.82, 2.24) is 14.7 Å². The summed E-state index contributed by atoms with van der Waals surface area (Å²) < 4.78 is 26.2. The standard InChI is InChI=1S/C27H25N3O3S/c31-27(29(19-21-10-4-1-5-11-21)24-16-17-34(32,33)20-24)26-18-25(22-12-6-2-7-13-22)28-30(26)23-14-8-3-9-15-23/h1-15,18,24H,16-17,19-20H2/t24-/m1/s1. The molecule has 172 valence electrons. The maximum absolute atomic E-state index is 14.1. The Morgan fingerprint density at radius 3 is 2.15 bits per heavy atom. The molecule has 7 heteroatoms. The number of hydrogen-bond acceptors (Lipinski definition) is 4. The predicted molar refractivity (Wildman–Crippen MR) is 132 cm³/mol. The van der Waals surface area contributed by atoms with E-state index in [4.69, 9.17) is 5.10 Å². The summed E-state index contributed by atoms with van der Waals surface area (Å²) in [5.74, 6) is -0.149. The van der Waals surface area contributed by atoms with Crippen molar-refractivity contribution in [2.45, 2.75) is 19.0 Å². The third-order valence-corrected chi connectivity index (χ3v) is 7.85. The highest BCUT2D eigenvalue weighted by atomic mass is 32.2. The highest BCUT2D eigenvalue weighted by molar-refractivity contribution is 7.91. The molecule has 1 aliphatic heterocycles. The molecule has 0 spiro atoms. The van der Waals surface area contributed by atoms with Gasteiger partial charge >= 0.3 is 0 Å². The molecule has 1 aliphatic rings. The van der Waals surface area contributed by atoms with Crippen LogP contribution in [0.5, 0.6) is 0 Å². The number of carbonyl (C=O) groups is 1. The lowest BCUT2D eigenvalue weighted by Crippen LogP contribution is -2.41. The van der Waals surface area contributed by atoms with Gasteiger partial charge in [-0.2, -0.15) is 5.10 Å². The summed E-state index contributed by atoms with van der Waals surface area (Å²) in [7, 11) is -3.16. The Morgan fingerprint density at radius 2 is 1.53 bits per heavy atom. The number of rotatable bonds is 6. The largest absolute Gasteiger partial charge is 0.329 e. The first-order chi connectivity index (χ1) is 16.5. The summed E-state index contributed by atoms with van der Waals surface area (Å²) >= 11 is 0. The zero-order valence-electron chi connectivity index (χ0n) is 18.6. The van der Waals surface area contributed by atoms with Crippen LogP contribution < -0.4 is 0 Å². The molecule has 5 rings (SSSR count). The number of sulfone groups is 1. The molecule has 2 heterocycles. The van der Waals surface area contributed by atoms with Gasteiger partial charge < -0.3 is 4.90 Å². The van der Waals surface area contributed by atoms with Crippen LogP contribution in [-0.4, -0.2) is 46.6 Å². The maximum atomic E-state index is 14.1. The number of para-hydroxylation sites is 1. The zero-order valence-corrected chi connectivity index (χ0v) is 19.4. The van der Waals surface area contributed by atoms with Gasteiger partial charge in [0, 0.05) is 18.2 Å². The molecule has 34 heavy (non-hydrogen) atoms. The van der Waals surface area contributed by atoms with Gasteiger partial charge in [-0.1, -0.05) is 78.9 Å². The summed E-state index contributed by atoms with van der Waals surface area (Å²) in [5, 5.41) is 4.77. The Kier molecular flexibility index (Phi) is 6.02. The van der Waals surface area contributed by atoms with Crippen molar-refractivity contribution in [1.29, 1.82) is 0 Å². The van der Waals surface area contributed by atoms with Gasteiger partial charge in [-0.05, 0) is 30.2 Å². The van der Waals surface area contributed by atoms with E-state index in [1.54, 1.807) is 15.6 Å². The topological polar surface area (TPSA) is 72.3 Å². The van der Waals surface area contributed by atoms with Gasteiger partial charge in [0.25, 0.3) is 5.91 Å². The first-order valence-electron chi connectivity index (χ1n) is 11.3. The van der Waals surface area contributed by atoms with Crippen molar-refractivity contribution in [3.05, 3.63) is 108 Å². The molecule has 1 fully saturated rings. The van der Waals surface area contributed by atoms with Crippen LogP contribution in [0.3, 0.4) is 0 Å². The van der Waals surface area contributed by atoms with E-state index in [2.05, 4.69) is 0 Å². The van der Waals surface area contributed by atoms with Gasteiger partial charge in [-0.3, -0.25) is 4.79 Å². The van der Waals surface area contributed by atoms with Crippen molar-refractivity contribution in [2.75, 3.05) is 11.5 Å². The van der Waals surface area contributed by atoms with E-state index in [1.807, 2.05) is 91.0 Å². The van der Waals surface area contributed by atoms with Crippen molar-refractivity contribution < 1.29 is 13.2 Å². The fourth-order valence-corrected chi connectivity index (χ4v) is 6.10. The number of hydrogen-bond donors (Lipinski definition) is 0. The van der Waals surface area contributed by atoms with Gasteiger partial charge in [0.1, 0.15) is 5.69 Å². The lowest BCUT2D eigenvalue weighted by atomic mass is 10.1.